The van der Waals surface area contributed by atoms with Crippen LogP contribution in [0.4, 0.5) is 5.13 Å². The Kier molecular flexibility index (Phi) is 5.19. The van der Waals surface area contributed by atoms with E-state index in [0.29, 0.717) is 33.0 Å². The quantitative estimate of drug-likeness (QED) is 0.497. The standard InChI is InChI=1S/C19H19N3O5S/c1-8-14(18(25)26-4)9(2)21-15(8)16(23)10(3)27-17(24)11-5-6-12-13(7-11)28-19(20)22-12/h5-7,10,21H,1-4H3,(H2,20,22). The largest absolute Gasteiger partial charge is 0.465 e. The zero-order chi connectivity index (χ0) is 20.6. The first kappa shape index (κ1) is 19.6. The second kappa shape index (κ2) is 7.43. The summed E-state index contributed by atoms with van der Waals surface area (Å²) in [5.41, 5.74) is 8.14. The van der Waals surface area contributed by atoms with Crippen molar-refractivity contribution in [2.45, 2.75) is 26.9 Å². The number of rotatable bonds is 5. The van der Waals surface area contributed by atoms with Crippen molar-refractivity contribution >= 4 is 44.4 Å². The number of thiazole rings is 1. The summed E-state index contributed by atoms with van der Waals surface area (Å²) >= 11 is 1.26. The maximum Gasteiger partial charge on any atom is 0.339 e. The van der Waals surface area contributed by atoms with Gasteiger partial charge in [0.1, 0.15) is 0 Å². The Labute approximate surface area is 164 Å². The van der Waals surface area contributed by atoms with Crippen LogP contribution in [0.25, 0.3) is 10.2 Å². The number of Topliss-reactive ketones (excluding diaryl/α,β-unsaturated/α-hetero) is 1. The molecule has 0 amide bonds. The van der Waals surface area contributed by atoms with Crippen LogP contribution in [-0.2, 0) is 9.47 Å². The van der Waals surface area contributed by atoms with Crippen LogP contribution in [-0.4, -0.2) is 40.9 Å². The number of hydrogen-bond acceptors (Lipinski definition) is 8. The number of methoxy groups -OCH3 is 1. The van der Waals surface area contributed by atoms with Crippen LogP contribution in [0.1, 0.15) is 49.4 Å². The molecule has 28 heavy (non-hydrogen) atoms. The number of nitrogen functional groups attached to an aromatic ring is 1. The molecule has 8 nitrogen and oxygen atoms in total. The van der Waals surface area contributed by atoms with Gasteiger partial charge in [-0.05, 0) is 44.5 Å². The number of esters is 2. The molecular formula is C19H19N3O5S. The fourth-order valence-electron chi connectivity index (χ4n) is 2.96. The normalized spacial score (nSPS) is 12.0. The fourth-order valence-corrected chi connectivity index (χ4v) is 3.73. The van der Waals surface area contributed by atoms with Crippen LogP contribution >= 0.6 is 11.3 Å². The summed E-state index contributed by atoms with van der Waals surface area (Å²) in [4.78, 5) is 44.1. The van der Waals surface area contributed by atoms with Crippen molar-refractivity contribution in [3.8, 4) is 0 Å². The van der Waals surface area contributed by atoms with Gasteiger partial charge in [-0.2, -0.15) is 0 Å². The number of fused-ring (bicyclic) bond motifs is 1. The van der Waals surface area contributed by atoms with Gasteiger partial charge in [0.2, 0.25) is 5.78 Å². The van der Waals surface area contributed by atoms with E-state index in [1.165, 1.54) is 25.4 Å². The van der Waals surface area contributed by atoms with Crippen molar-refractivity contribution < 1.29 is 23.9 Å². The highest BCUT2D eigenvalue weighted by molar-refractivity contribution is 7.22. The molecule has 146 valence electrons. The second-order valence-electron chi connectivity index (χ2n) is 6.26. The van der Waals surface area contributed by atoms with E-state index in [1.807, 2.05) is 0 Å². The third-order valence-electron chi connectivity index (χ3n) is 4.37. The third kappa shape index (κ3) is 3.48. The zero-order valence-corrected chi connectivity index (χ0v) is 16.6. The van der Waals surface area contributed by atoms with Crippen molar-refractivity contribution in [2.75, 3.05) is 12.8 Å². The van der Waals surface area contributed by atoms with Crippen molar-refractivity contribution in [1.82, 2.24) is 9.97 Å². The van der Waals surface area contributed by atoms with E-state index < -0.39 is 23.8 Å². The number of nitrogens with one attached hydrogen (secondary N) is 1. The van der Waals surface area contributed by atoms with Crippen molar-refractivity contribution in [3.63, 3.8) is 0 Å². The molecule has 2 aromatic heterocycles. The number of nitrogens with two attached hydrogens (primary N) is 1. The Morgan fingerprint density at radius 3 is 2.61 bits per heavy atom. The number of carbonyl (C=O) groups excluding carboxylic acids is 3. The Morgan fingerprint density at radius 2 is 1.93 bits per heavy atom. The van der Waals surface area contributed by atoms with E-state index in [2.05, 4.69) is 9.97 Å². The summed E-state index contributed by atoms with van der Waals surface area (Å²) in [6, 6.07) is 4.87. The van der Waals surface area contributed by atoms with Gasteiger partial charge in [0, 0.05) is 5.69 Å². The van der Waals surface area contributed by atoms with E-state index in [1.54, 1.807) is 32.0 Å². The number of ketones is 1. The molecule has 0 saturated carbocycles. The average Bonchev–Trinajstić information content (AvgIpc) is 3.17. The molecule has 0 saturated heterocycles. The molecule has 9 heteroatoms. The lowest BCUT2D eigenvalue weighted by Gasteiger charge is -2.12. The van der Waals surface area contributed by atoms with Gasteiger partial charge >= 0.3 is 11.9 Å². The van der Waals surface area contributed by atoms with Crippen molar-refractivity contribution in [2.24, 2.45) is 0 Å². The Morgan fingerprint density at radius 1 is 1.21 bits per heavy atom. The van der Waals surface area contributed by atoms with Crippen LogP contribution in [0.5, 0.6) is 0 Å². The molecule has 2 heterocycles. The van der Waals surface area contributed by atoms with E-state index >= 15 is 0 Å². The van der Waals surface area contributed by atoms with Gasteiger partial charge in [-0.15, -0.1) is 0 Å². The topological polar surface area (TPSA) is 124 Å². The molecule has 0 radical (unpaired) electrons. The van der Waals surface area contributed by atoms with Crippen LogP contribution in [0, 0.1) is 13.8 Å². The van der Waals surface area contributed by atoms with Gasteiger partial charge in [-0.25, -0.2) is 14.6 Å². The number of aromatic amines is 1. The molecule has 1 atom stereocenters. The number of aromatic nitrogens is 2. The number of anilines is 1. The fraction of sp³-hybridized carbons (Fsp3) is 0.263. The Balaban J connectivity index is 1.80. The minimum absolute atomic E-state index is 0.212. The molecular weight excluding hydrogens is 382 g/mol. The summed E-state index contributed by atoms with van der Waals surface area (Å²) in [6.07, 6.45) is -1.04. The summed E-state index contributed by atoms with van der Waals surface area (Å²) in [6.45, 7) is 4.79. The highest BCUT2D eigenvalue weighted by Gasteiger charge is 2.27. The molecule has 1 unspecified atom stereocenters. The third-order valence-corrected chi connectivity index (χ3v) is 5.21. The van der Waals surface area contributed by atoms with Gasteiger partial charge < -0.3 is 20.2 Å². The lowest BCUT2D eigenvalue weighted by Crippen LogP contribution is -2.25. The number of hydrogen-bond donors (Lipinski definition) is 2. The van der Waals surface area contributed by atoms with Gasteiger partial charge in [0.25, 0.3) is 0 Å². The van der Waals surface area contributed by atoms with Gasteiger partial charge in [-0.3, -0.25) is 4.79 Å². The monoisotopic (exact) mass is 401 g/mol. The van der Waals surface area contributed by atoms with Crippen LogP contribution in [0.2, 0.25) is 0 Å². The summed E-state index contributed by atoms with van der Waals surface area (Å²) in [5.74, 6) is -1.61. The van der Waals surface area contributed by atoms with E-state index in [9.17, 15) is 14.4 Å². The maximum absolute atomic E-state index is 12.7. The molecule has 0 fully saturated rings. The number of ether oxygens (including phenoxy) is 2. The first-order chi connectivity index (χ1) is 13.2. The first-order valence-corrected chi connectivity index (χ1v) is 9.23. The number of nitrogens with zero attached hydrogens (tertiary/aromatic N) is 1. The summed E-state index contributed by atoms with van der Waals surface area (Å²) in [5, 5.41) is 0.406. The van der Waals surface area contributed by atoms with Crippen LogP contribution in [0.15, 0.2) is 18.2 Å². The molecule has 0 aliphatic carbocycles. The highest BCUT2D eigenvalue weighted by Crippen LogP contribution is 2.25. The van der Waals surface area contributed by atoms with Crippen LogP contribution in [0.3, 0.4) is 0 Å². The molecule has 3 aromatic rings. The predicted octanol–water partition coefficient (Wildman–Crippen LogP) is 3.04. The Bertz CT molecular complexity index is 1100. The lowest BCUT2D eigenvalue weighted by atomic mass is 10.1. The molecule has 0 aliphatic rings. The molecule has 3 rings (SSSR count). The highest BCUT2D eigenvalue weighted by atomic mass is 32.1. The Hall–Kier alpha value is -3.20. The van der Waals surface area contributed by atoms with Crippen molar-refractivity contribution in [3.05, 3.63) is 46.3 Å². The molecule has 1 aromatic carbocycles. The van der Waals surface area contributed by atoms with Crippen LogP contribution < -0.4 is 5.73 Å². The number of carbonyl (C=O) groups is 3. The molecule has 0 aliphatic heterocycles. The van der Waals surface area contributed by atoms with Crippen molar-refractivity contribution in [1.29, 1.82) is 0 Å². The van der Waals surface area contributed by atoms with E-state index in [4.69, 9.17) is 15.2 Å². The summed E-state index contributed by atoms with van der Waals surface area (Å²) in [7, 11) is 1.27. The van der Waals surface area contributed by atoms with E-state index in [-0.39, 0.29) is 5.69 Å². The number of benzene rings is 1. The van der Waals surface area contributed by atoms with E-state index in [0.717, 1.165) is 4.70 Å². The average molecular weight is 401 g/mol. The molecule has 3 N–H and O–H groups in total. The van der Waals surface area contributed by atoms with Gasteiger partial charge in [-0.1, -0.05) is 11.3 Å². The first-order valence-electron chi connectivity index (χ1n) is 8.41. The minimum Gasteiger partial charge on any atom is -0.465 e. The molecule has 0 bridgehead atoms. The number of aryl methyl sites for hydroxylation is 1. The smallest absolute Gasteiger partial charge is 0.339 e. The SMILES string of the molecule is COC(=O)c1c(C)[nH]c(C(=O)C(C)OC(=O)c2ccc3nc(N)sc3c2)c1C. The lowest BCUT2D eigenvalue weighted by molar-refractivity contribution is 0.0317. The minimum atomic E-state index is -1.04. The zero-order valence-electron chi connectivity index (χ0n) is 15.8. The molecule has 0 spiro atoms. The maximum atomic E-state index is 12.7. The summed E-state index contributed by atoms with van der Waals surface area (Å²) < 4.78 is 10.8. The van der Waals surface area contributed by atoms with Gasteiger partial charge in [0.15, 0.2) is 11.2 Å². The van der Waals surface area contributed by atoms with Gasteiger partial charge in [0.05, 0.1) is 34.1 Å². The predicted molar refractivity (Wildman–Crippen MR) is 105 cm³/mol. The second-order valence-corrected chi connectivity index (χ2v) is 7.33. The number of H-pyrrole nitrogens is 1.